The van der Waals surface area contributed by atoms with Crippen molar-refractivity contribution in [3.8, 4) is 0 Å². The van der Waals surface area contributed by atoms with Gasteiger partial charge >= 0.3 is 0 Å². The highest BCUT2D eigenvalue weighted by atomic mass is 32.2. The Morgan fingerprint density at radius 3 is 2.81 bits per heavy atom. The largest absolute Gasteiger partial charge is 0.264 e. The van der Waals surface area contributed by atoms with E-state index in [1.807, 2.05) is 30.3 Å². The summed E-state index contributed by atoms with van der Waals surface area (Å²) in [5.41, 5.74) is 2.95. The molecule has 0 aliphatic rings. The zero-order valence-corrected chi connectivity index (χ0v) is 13.7. The van der Waals surface area contributed by atoms with Crippen molar-refractivity contribution in [2.45, 2.75) is 39.7 Å². The Hall–Kier alpha value is -1.41. The van der Waals surface area contributed by atoms with Crippen LogP contribution in [0, 0.1) is 6.92 Å². The molecule has 2 heterocycles. The lowest BCUT2D eigenvalue weighted by atomic mass is 10.3. The van der Waals surface area contributed by atoms with Gasteiger partial charge in [-0.15, -0.1) is 0 Å². The first kappa shape index (κ1) is 16.0. The first-order valence-electron chi connectivity index (χ1n) is 7.27. The molecule has 0 spiro atoms. The van der Waals surface area contributed by atoms with Crippen molar-refractivity contribution in [2.24, 2.45) is 7.05 Å². The monoisotopic (exact) mass is 313 g/mol. The fourth-order valence-corrected chi connectivity index (χ4v) is 3.61. The van der Waals surface area contributed by atoms with Crippen molar-refractivity contribution in [1.29, 1.82) is 0 Å². The highest BCUT2D eigenvalue weighted by molar-refractivity contribution is 7.89. The molecule has 0 aliphatic heterocycles. The molecule has 2 aromatic heterocycles. The number of sulfonamides is 1. The first-order chi connectivity index (χ1) is 9.94. The molecule has 8 heteroatoms. The molecule has 2 rings (SSSR count). The van der Waals surface area contributed by atoms with Crippen molar-refractivity contribution in [1.82, 2.24) is 24.3 Å². The molecule has 1 N–H and O–H groups in total. The number of hydrogen-bond acceptors (Lipinski definition) is 4. The van der Waals surface area contributed by atoms with Crippen molar-refractivity contribution < 1.29 is 8.42 Å². The highest BCUT2D eigenvalue weighted by Gasteiger charge is 2.12. The summed E-state index contributed by atoms with van der Waals surface area (Å²) in [4.78, 5) is 0. The van der Waals surface area contributed by atoms with E-state index in [0.29, 0.717) is 25.9 Å². The molecule has 0 bridgehead atoms. The molecule has 0 atom stereocenters. The van der Waals surface area contributed by atoms with E-state index < -0.39 is 10.0 Å². The fraction of sp³-hybridized carbons (Fsp3) is 0.692. The van der Waals surface area contributed by atoms with E-state index in [9.17, 15) is 8.42 Å². The number of nitrogens with zero attached hydrogens (tertiary/aromatic N) is 4. The van der Waals surface area contributed by atoms with Gasteiger partial charge in [0.15, 0.2) is 0 Å². The van der Waals surface area contributed by atoms with E-state index in [1.165, 1.54) is 0 Å². The zero-order valence-electron chi connectivity index (χ0n) is 12.8. The Morgan fingerprint density at radius 2 is 2.10 bits per heavy atom. The molecule has 0 aliphatic carbocycles. The molecule has 118 valence electrons. The predicted octanol–water partition coefficient (Wildman–Crippen LogP) is 1.19. The van der Waals surface area contributed by atoms with Crippen LogP contribution in [-0.4, -0.2) is 40.3 Å². The number of hydrogen-bond donors (Lipinski definition) is 1. The minimum absolute atomic E-state index is 0.206. The number of aryl methyl sites for hydroxylation is 3. The van der Waals surface area contributed by atoms with E-state index in [4.69, 9.17) is 0 Å². The van der Waals surface area contributed by atoms with E-state index in [0.717, 1.165) is 23.1 Å². The van der Waals surface area contributed by atoms with Crippen LogP contribution in [0.25, 0.3) is 11.0 Å². The average molecular weight is 313 g/mol. The molecule has 0 aromatic carbocycles. The second kappa shape index (κ2) is 6.57. The third kappa shape index (κ3) is 3.82. The lowest BCUT2D eigenvalue weighted by molar-refractivity contribution is 0.557. The molecular weight excluding hydrogens is 290 g/mol. The van der Waals surface area contributed by atoms with Crippen LogP contribution in [0.5, 0.6) is 0 Å². The number of aromatic nitrogens is 4. The fourth-order valence-electron chi connectivity index (χ4n) is 2.34. The molecule has 0 unspecified atom stereocenters. The van der Waals surface area contributed by atoms with Gasteiger partial charge in [0.05, 0.1) is 17.6 Å². The normalized spacial score (nSPS) is 12.3. The number of fused-ring (bicyclic) bond motifs is 1. The van der Waals surface area contributed by atoms with Gasteiger partial charge in [-0.05, 0) is 19.8 Å². The summed E-state index contributed by atoms with van der Waals surface area (Å²) in [7, 11) is -1.24. The maximum Gasteiger partial charge on any atom is 0.211 e. The summed E-state index contributed by atoms with van der Waals surface area (Å²) in [6, 6.07) is 0. The van der Waals surface area contributed by atoms with Crippen molar-refractivity contribution in [3.05, 3.63) is 11.9 Å². The second-order valence-electron chi connectivity index (χ2n) is 5.23. The van der Waals surface area contributed by atoms with E-state index in [1.54, 1.807) is 6.20 Å². The van der Waals surface area contributed by atoms with Gasteiger partial charge in [0.1, 0.15) is 11.0 Å². The van der Waals surface area contributed by atoms with Gasteiger partial charge in [-0.2, -0.15) is 10.2 Å². The highest BCUT2D eigenvalue weighted by Crippen LogP contribution is 2.16. The summed E-state index contributed by atoms with van der Waals surface area (Å²) < 4.78 is 29.7. The van der Waals surface area contributed by atoms with Crippen LogP contribution in [0.3, 0.4) is 0 Å². The van der Waals surface area contributed by atoms with Crippen LogP contribution < -0.4 is 4.72 Å². The molecule has 21 heavy (non-hydrogen) atoms. The van der Waals surface area contributed by atoms with Crippen LogP contribution >= 0.6 is 0 Å². The second-order valence-corrected chi connectivity index (χ2v) is 7.16. The van der Waals surface area contributed by atoms with Crippen LogP contribution in [-0.2, 0) is 23.6 Å². The summed E-state index contributed by atoms with van der Waals surface area (Å²) in [5.74, 6) is 0.206. The van der Waals surface area contributed by atoms with E-state index in [-0.39, 0.29) is 5.75 Å². The van der Waals surface area contributed by atoms with Gasteiger partial charge in [0.2, 0.25) is 10.0 Å². The van der Waals surface area contributed by atoms with Crippen LogP contribution in [0.1, 0.15) is 31.9 Å². The van der Waals surface area contributed by atoms with Gasteiger partial charge < -0.3 is 0 Å². The van der Waals surface area contributed by atoms with Gasteiger partial charge in [-0.1, -0.05) is 13.3 Å². The predicted molar refractivity (Wildman–Crippen MR) is 82.6 cm³/mol. The van der Waals surface area contributed by atoms with Crippen molar-refractivity contribution >= 4 is 21.1 Å². The minimum Gasteiger partial charge on any atom is -0.264 e. The Balaban J connectivity index is 1.88. The summed E-state index contributed by atoms with van der Waals surface area (Å²) in [5, 5.41) is 8.70. The molecule has 7 nitrogen and oxygen atoms in total. The number of nitrogens with one attached hydrogen (secondary N) is 1. The first-order valence-corrected chi connectivity index (χ1v) is 8.92. The van der Waals surface area contributed by atoms with Gasteiger partial charge in [-0.3, -0.25) is 9.36 Å². The van der Waals surface area contributed by atoms with E-state index >= 15 is 0 Å². The molecular formula is C13H23N5O2S. The van der Waals surface area contributed by atoms with Crippen molar-refractivity contribution in [3.63, 3.8) is 0 Å². The zero-order chi connectivity index (χ0) is 15.5. The summed E-state index contributed by atoms with van der Waals surface area (Å²) in [6.45, 7) is 5.04. The Kier molecular flexibility index (Phi) is 5.00. The Morgan fingerprint density at radius 1 is 1.33 bits per heavy atom. The van der Waals surface area contributed by atoms with Crippen LogP contribution in [0.4, 0.5) is 0 Å². The average Bonchev–Trinajstić information content (AvgIpc) is 2.96. The lowest BCUT2D eigenvalue weighted by Crippen LogP contribution is -2.28. The minimum atomic E-state index is -3.13. The van der Waals surface area contributed by atoms with Crippen LogP contribution in [0.15, 0.2) is 6.20 Å². The Labute approximate surface area is 125 Å². The van der Waals surface area contributed by atoms with Crippen LogP contribution in [0.2, 0.25) is 0 Å². The topological polar surface area (TPSA) is 81.8 Å². The SMILES string of the molecule is CCCCS(=O)(=O)NCCCn1ncc2c1c(C)nn2C. The molecule has 0 saturated heterocycles. The van der Waals surface area contributed by atoms with Gasteiger partial charge in [-0.25, -0.2) is 13.1 Å². The summed E-state index contributed by atoms with van der Waals surface area (Å²) in [6.07, 6.45) is 4.08. The van der Waals surface area contributed by atoms with Gasteiger partial charge in [0, 0.05) is 20.1 Å². The molecule has 0 radical (unpaired) electrons. The maximum absolute atomic E-state index is 11.7. The third-order valence-corrected chi connectivity index (χ3v) is 4.92. The molecule has 0 saturated carbocycles. The lowest BCUT2D eigenvalue weighted by Gasteiger charge is -2.06. The smallest absolute Gasteiger partial charge is 0.211 e. The van der Waals surface area contributed by atoms with E-state index in [2.05, 4.69) is 14.9 Å². The molecule has 0 amide bonds. The summed E-state index contributed by atoms with van der Waals surface area (Å²) >= 11 is 0. The molecule has 2 aromatic rings. The Bertz CT molecular complexity index is 702. The number of rotatable bonds is 8. The quantitative estimate of drug-likeness (QED) is 0.742. The number of unbranched alkanes of at least 4 members (excludes halogenated alkanes) is 1. The van der Waals surface area contributed by atoms with Gasteiger partial charge in [0.25, 0.3) is 0 Å². The standard InChI is InChI=1S/C13H23N5O2S/c1-4-5-9-21(19,20)15-7-6-8-18-13-11(2)16-17(3)12(13)10-14-18/h10,15H,4-9H2,1-3H3. The maximum atomic E-state index is 11.7. The molecule has 0 fully saturated rings. The third-order valence-electron chi connectivity index (χ3n) is 3.45. The van der Waals surface area contributed by atoms with Crippen molar-refractivity contribution in [2.75, 3.05) is 12.3 Å².